The molecular formula is C22H23N3O4S. The minimum atomic E-state index is -1.12. The number of carboxylic acids is 1. The van der Waals surface area contributed by atoms with Gasteiger partial charge in [-0.05, 0) is 82.7 Å². The molecule has 2 amide bonds. The lowest BCUT2D eigenvalue weighted by atomic mass is 10.1. The smallest absolute Gasteiger partial charge is 0.335 e. The Hall–Kier alpha value is -3.26. The van der Waals surface area contributed by atoms with Crippen molar-refractivity contribution in [3.8, 4) is 0 Å². The van der Waals surface area contributed by atoms with Crippen LogP contribution in [0.3, 0.4) is 0 Å². The first-order valence-electron chi connectivity index (χ1n) is 9.36. The molecule has 156 valence electrons. The van der Waals surface area contributed by atoms with Gasteiger partial charge in [-0.3, -0.25) is 19.8 Å². The molecule has 0 unspecified atom stereocenters. The van der Waals surface area contributed by atoms with Gasteiger partial charge < -0.3 is 9.67 Å². The highest BCUT2D eigenvalue weighted by Gasteiger charge is 2.35. The first-order chi connectivity index (χ1) is 13.9. The molecule has 0 radical (unpaired) electrons. The summed E-state index contributed by atoms with van der Waals surface area (Å²) < 4.78 is 2.14. The van der Waals surface area contributed by atoms with Crippen LogP contribution in [0.15, 0.2) is 35.9 Å². The molecule has 8 heteroatoms. The standard InChI is InChI=1S/C22H23N3O4S/c1-12-9-15(13(2)25(12)22(3,4)5)11-17-18(26)23-21(30)24(19(17)27)16-8-6-7-14(10-16)20(28)29/h6-11H,1-5H3,(H,28,29)(H,23,26,30). The molecule has 1 aliphatic heterocycles. The summed E-state index contributed by atoms with van der Waals surface area (Å²) in [6, 6.07) is 7.77. The number of aromatic nitrogens is 1. The van der Waals surface area contributed by atoms with Crippen LogP contribution in [0.1, 0.15) is 48.1 Å². The van der Waals surface area contributed by atoms with Crippen molar-refractivity contribution in [2.75, 3.05) is 4.90 Å². The lowest BCUT2D eigenvalue weighted by Crippen LogP contribution is -2.54. The largest absolute Gasteiger partial charge is 0.478 e. The summed E-state index contributed by atoms with van der Waals surface area (Å²) in [6.45, 7) is 10.2. The van der Waals surface area contributed by atoms with Crippen LogP contribution in [0, 0.1) is 13.8 Å². The number of hydrogen-bond acceptors (Lipinski definition) is 4. The fourth-order valence-corrected chi connectivity index (χ4v) is 4.07. The van der Waals surface area contributed by atoms with E-state index in [-0.39, 0.29) is 27.5 Å². The minimum absolute atomic E-state index is 0.0132. The molecule has 2 heterocycles. The van der Waals surface area contributed by atoms with Crippen molar-refractivity contribution in [3.05, 3.63) is 58.4 Å². The Balaban J connectivity index is 2.08. The monoisotopic (exact) mass is 425 g/mol. The van der Waals surface area contributed by atoms with E-state index in [1.54, 1.807) is 12.1 Å². The highest BCUT2D eigenvalue weighted by molar-refractivity contribution is 7.80. The highest BCUT2D eigenvalue weighted by Crippen LogP contribution is 2.28. The quantitative estimate of drug-likeness (QED) is 0.447. The van der Waals surface area contributed by atoms with Crippen LogP contribution in [-0.2, 0) is 15.1 Å². The SMILES string of the molecule is Cc1cc(C=C2C(=O)NC(=S)N(c3cccc(C(=O)O)c3)C2=O)c(C)n1C(C)(C)C. The summed E-state index contributed by atoms with van der Waals surface area (Å²) in [6.07, 6.45) is 1.55. The van der Waals surface area contributed by atoms with Crippen molar-refractivity contribution < 1.29 is 19.5 Å². The summed E-state index contributed by atoms with van der Waals surface area (Å²) in [7, 11) is 0. The van der Waals surface area contributed by atoms with Gasteiger partial charge in [0.05, 0.1) is 11.3 Å². The molecule has 7 nitrogen and oxygen atoms in total. The number of nitrogens with one attached hydrogen (secondary N) is 1. The van der Waals surface area contributed by atoms with Gasteiger partial charge in [-0.15, -0.1) is 0 Å². The van der Waals surface area contributed by atoms with Crippen LogP contribution >= 0.6 is 12.2 Å². The zero-order valence-electron chi connectivity index (χ0n) is 17.4. The van der Waals surface area contributed by atoms with Crippen LogP contribution in [0.5, 0.6) is 0 Å². The number of carbonyl (C=O) groups is 3. The fourth-order valence-electron chi connectivity index (χ4n) is 3.79. The molecule has 0 atom stereocenters. The molecule has 1 fully saturated rings. The van der Waals surface area contributed by atoms with Gasteiger partial charge in [0.25, 0.3) is 11.8 Å². The van der Waals surface area contributed by atoms with Crippen molar-refractivity contribution in [2.24, 2.45) is 0 Å². The van der Waals surface area contributed by atoms with E-state index >= 15 is 0 Å². The zero-order chi connectivity index (χ0) is 22.4. The summed E-state index contributed by atoms with van der Waals surface area (Å²) in [5.74, 6) is -2.32. The van der Waals surface area contributed by atoms with Crippen LogP contribution < -0.4 is 10.2 Å². The van der Waals surface area contributed by atoms with E-state index < -0.39 is 17.8 Å². The number of benzene rings is 1. The summed E-state index contributed by atoms with van der Waals surface area (Å²) >= 11 is 5.18. The minimum Gasteiger partial charge on any atom is -0.478 e. The van der Waals surface area contributed by atoms with Gasteiger partial charge in [0, 0.05) is 16.9 Å². The molecular weight excluding hydrogens is 402 g/mol. The van der Waals surface area contributed by atoms with E-state index in [2.05, 4.69) is 30.7 Å². The van der Waals surface area contributed by atoms with Crippen molar-refractivity contribution in [1.29, 1.82) is 0 Å². The molecule has 2 N–H and O–H groups in total. The van der Waals surface area contributed by atoms with E-state index in [0.29, 0.717) is 0 Å². The Morgan fingerprint density at radius 2 is 1.83 bits per heavy atom. The van der Waals surface area contributed by atoms with Gasteiger partial charge in [0.1, 0.15) is 5.57 Å². The molecule has 1 aromatic heterocycles. The second kappa shape index (κ2) is 7.53. The van der Waals surface area contributed by atoms with Crippen LogP contribution in [0.25, 0.3) is 6.08 Å². The third kappa shape index (κ3) is 3.78. The molecule has 3 rings (SSSR count). The number of aryl methyl sites for hydroxylation is 1. The third-order valence-corrected chi connectivity index (χ3v) is 5.18. The first-order valence-corrected chi connectivity index (χ1v) is 9.77. The first kappa shape index (κ1) is 21.4. The van der Waals surface area contributed by atoms with Gasteiger partial charge in [-0.1, -0.05) is 6.07 Å². The number of carboxylic acid groups (broad SMARTS) is 1. The number of amides is 2. The normalized spacial score (nSPS) is 16.2. The number of carbonyl (C=O) groups excluding carboxylic acids is 2. The Morgan fingerprint density at radius 3 is 2.40 bits per heavy atom. The number of anilines is 1. The molecule has 1 saturated heterocycles. The van der Waals surface area contributed by atoms with E-state index in [9.17, 15) is 19.5 Å². The fraction of sp³-hybridized carbons (Fsp3) is 0.273. The average Bonchev–Trinajstić information content (AvgIpc) is 2.92. The van der Waals surface area contributed by atoms with Gasteiger partial charge in [0.15, 0.2) is 5.11 Å². The molecule has 30 heavy (non-hydrogen) atoms. The highest BCUT2D eigenvalue weighted by atomic mass is 32.1. The van der Waals surface area contributed by atoms with Crippen molar-refractivity contribution in [3.63, 3.8) is 0 Å². The average molecular weight is 426 g/mol. The number of rotatable bonds is 3. The maximum Gasteiger partial charge on any atom is 0.335 e. The Kier molecular flexibility index (Phi) is 5.38. The Morgan fingerprint density at radius 1 is 1.17 bits per heavy atom. The van der Waals surface area contributed by atoms with Gasteiger partial charge in [0.2, 0.25) is 0 Å². The van der Waals surface area contributed by atoms with E-state index in [4.69, 9.17) is 12.2 Å². The van der Waals surface area contributed by atoms with E-state index in [1.807, 2.05) is 19.9 Å². The second-order valence-electron chi connectivity index (χ2n) is 8.15. The summed E-state index contributed by atoms with van der Waals surface area (Å²) in [5, 5.41) is 11.7. The second-order valence-corrected chi connectivity index (χ2v) is 8.53. The maximum absolute atomic E-state index is 13.2. The maximum atomic E-state index is 13.2. The van der Waals surface area contributed by atoms with E-state index in [0.717, 1.165) is 21.9 Å². The molecule has 0 spiro atoms. The van der Waals surface area contributed by atoms with Gasteiger partial charge in [-0.2, -0.15) is 0 Å². The summed E-state index contributed by atoms with van der Waals surface area (Å²) in [4.78, 5) is 38.2. The Labute approximate surface area is 180 Å². The molecule has 2 aromatic rings. The number of nitrogens with zero attached hydrogens (tertiary/aromatic N) is 2. The molecule has 1 aliphatic rings. The lowest BCUT2D eigenvalue weighted by Gasteiger charge is -2.29. The van der Waals surface area contributed by atoms with Crippen molar-refractivity contribution >= 4 is 46.9 Å². The predicted octanol–water partition coefficient (Wildman–Crippen LogP) is 3.39. The van der Waals surface area contributed by atoms with Crippen molar-refractivity contribution in [2.45, 2.75) is 40.2 Å². The van der Waals surface area contributed by atoms with Gasteiger partial charge >= 0.3 is 5.97 Å². The number of hydrogen-bond donors (Lipinski definition) is 2. The van der Waals surface area contributed by atoms with Gasteiger partial charge in [-0.25, -0.2) is 4.79 Å². The zero-order valence-corrected chi connectivity index (χ0v) is 18.3. The third-order valence-electron chi connectivity index (χ3n) is 4.89. The topological polar surface area (TPSA) is 91.6 Å². The van der Waals surface area contributed by atoms with E-state index in [1.165, 1.54) is 18.2 Å². The number of thiocarbonyl (C=S) groups is 1. The predicted molar refractivity (Wildman–Crippen MR) is 119 cm³/mol. The molecule has 0 aliphatic carbocycles. The van der Waals surface area contributed by atoms with Crippen LogP contribution in [-0.4, -0.2) is 32.6 Å². The molecule has 1 aromatic carbocycles. The van der Waals surface area contributed by atoms with Crippen LogP contribution in [0.4, 0.5) is 5.69 Å². The molecule has 0 saturated carbocycles. The van der Waals surface area contributed by atoms with Crippen molar-refractivity contribution in [1.82, 2.24) is 9.88 Å². The van der Waals surface area contributed by atoms with Crippen LogP contribution in [0.2, 0.25) is 0 Å². The molecule has 0 bridgehead atoms. The lowest BCUT2D eigenvalue weighted by molar-refractivity contribution is -0.122. The number of aromatic carboxylic acids is 1. The Bertz CT molecular complexity index is 1120. The summed E-state index contributed by atoms with van der Waals surface area (Å²) in [5.41, 5.74) is 2.76.